The third-order valence-corrected chi connectivity index (χ3v) is 2.55. The third kappa shape index (κ3) is 3.29. The van der Waals surface area contributed by atoms with E-state index in [1.807, 2.05) is 6.92 Å². The van der Waals surface area contributed by atoms with Gasteiger partial charge in [0.1, 0.15) is 0 Å². The van der Waals surface area contributed by atoms with Crippen LogP contribution in [-0.2, 0) is 4.79 Å². The summed E-state index contributed by atoms with van der Waals surface area (Å²) in [4.78, 5) is 13.1. The summed E-state index contributed by atoms with van der Waals surface area (Å²) in [7, 11) is 0. The highest BCUT2D eigenvalue weighted by Crippen LogP contribution is 2.20. The number of rotatable bonds is 4. The zero-order chi connectivity index (χ0) is 10.8. The normalized spacial score (nSPS) is 21.8. The highest BCUT2D eigenvalue weighted by atomic mass is 16.3. The first-order valence-electron chi connectivity index (χ1n) is 5.41. The van der Waals surface area contributed by atoms with Gasteiger partial charge in [-0.05, 0) is 25.7 Å². The number of β-amino-alcohol motifs (C(OH)–C–C–N with tert-alkyl or cyclic N) is 1. The van der Waals surface area contributed by atoms with Crippen molar-refractivity contribution >= 4 is 5.91 Å². The van der Waals surface area contributed by atoms with Crippen molar-refractivity contribution in [1.29, 1.82) is 0 Å². The zero-order valence-corrected chi connectivity index (χ0v) is 9.42. The summed E-state index contributed by atoms with van der Waals surface area (Å²) in [6.07, 6.45) is 2.34. The highest BCUT2D eigenvalue weighted by molar-refractivity contribution is 5.78. The molecule has 1 rings (SSSR count). The lowest BCUT2D eigenvalue weighted by molar-refractivity contribution is -0.130. The van der Waals surface area contributed by atoms with E-state index < -0.39 is 5.60 Å². The van der Waals surface area contributed by atoms with E-state index in [0.717, 1.165) is 19.4 Å². The van der Waals surface area contributed by atoms with Gasteiger partial charge in [-0.3, -0.25) is 4.79 Å². The average Bonchev–Trinajstić information content (AvgIpc) is 2.32. The predicted molar refractivity (Wildman–Crippen MR) is 55.9 cm³/mol. The van der Waals surface area contributed by atoms with Crippen molar-refractivity contribution in [1.82, 2.24) is 4.90 Å². The van der Waals surface area contributed by atoms with E-state index in [0.29, 0.717) is 18.9 Å². The van der Waals surface area contributed by atoms with Crippen LogP contribution in [-0.4, -0.2) is 34.6 Å². The SMILES string of the molecule is CC(C)CC(C)(O)CN1CCCC1=O. The molecule has 0 spiro atoms. The molecule has 1 saturated heterocycles. The lowest BCUT2D eigenvalue weighted by Gasteiger charge is -2.30. The first-order valence-corrected chi connectivity index (χ1v) is 5.41. The Morgan fingerprint density at radius 3 is 2.64 bits per heavy atom. The van der Waals surface area contributed by atoms with Crippen LogP contribution >= 0.6 is 0 Å². The number of likely N-dealkylation sites (tertiary alicyclic amines) is 1. The minimum Gasteiger partial charge on any atom is -0.388 e. The van der Waals surface area contributed by atoms with E-state index in [1.165, 1.54) is 0 Å². The molecule has 0 radical (unpaired) electrons. The molecule has 0 aromatic heterocycles. The summed E-state index contributed by atoms with van der Waals surface area (Å²) in [5.41, 5.74) is -0.728. The predicted octanol–water partition coefficient (Wildman–Crippen LogP) is 1.41. The maximum Gasteiger partial charge on any atom is 0.222 e. The van der Waals surface area contributed by atoms with Gasteiger partial charge in [-0.1, -0.05) is 13.8 Å². The molecule has 1 fully saturated rings. The van der Waals surface area contributed by atoms with Gasteiger partial charge in [-0.15, -0.1) is 0 Å². The van der Waals surface area contributed by atoms with E-state index in [4.69, 9.17) is 0 Å². The topological polar surface area (TPSA) is 40.5 Å². The Morgan fingerprint density at radius 2 is 2.21 bits per heavy atom. The minimum atomic E-state index is -0.728. The summed E-state index contributed by atoms with van der Waals surface area (Å²) in [6, 6.07) is 0. The molecule has 0 saturated carbocycles. The molecule has 0 aromatic rings. The van der Waals surface area contributed by atoms with Gasteiger partial charge in [0.15, 0.2) is 0 Å². The van der Waals surface area contributed by atoms with Gasteiger partial charge in [0.25, 0.3) is 0 Å². The first-order chi connectivity index (χ1) is 6.41. The molecule has 1 aliphatic rings. The molecule has 1 atom stereocenters. The van der Waals surface area contributed by atoms with Crippen LogP contribution in [0.3, 0.4) is 0 Å². The number of nitrogens with zero attached hydrogens (tertiary/aromatic N) is 1. The zero-order valence-electron chi connectivity index (χ0n) is 9.42. The smallest absolute Gasteiger partial charge is 0.222 e. The lowest BCUT2D eigenvalue weighted by Crippen LogP contribution is -2.42. The van der Waals surface area contributed by atoms with Crippen LogP contribution in [0.15, 0.2) is 0 Å². The molecule has 0 bridgehead atoms. The van der Waals surface area contributed by atoms with Crippen molar-refractivity contribution < 1.29 is 9.90 Å². The lowest BCUT2D eigenvalue weighted by atomic mass is 9.94. The van der Waals surface area contributed by atoms with Gasteiger partial charge in [0, 0.05) is 19.5 Å². The molecule has 1 amide bonds. The number of amides is 1. The van der Waals surface area contributed by atoms with Crippen LogP contribution in [0.5, 0.6) is 0 Å². The van der Waals surface area contributed by atoms with Crippen molar-refractivity contribution in [3.05, 3.63) is 0 Å². The largest absolute Gasteiger partial charge is 0.388 e. The summed E-state index contributed by atoms with van der Waals surface area (Å²) < 4.78 is 0. The second-order valence-electron chi connectivity index (χ2n) is 5.01. The maximum atomic E-state index is 11.4. The Hall–Kier alpha value is -0.570. The van der Waals surface area contributed by atoms with Gasteiger partial charge in [-0.2, -0.15) is 0 Å². The summed E-state index contributed by atoms with van der Waals surface area (Å²) in [5.74, 6) is 0.650. The van der Waals surface area contributed by atoms with Crippen LogP contribution in [0.25, 0.3) is 0 Å². The summed E-state index contributed by atoms with van der Waals surface area (Å²) >= 11 is 0. The van der Waals surface area contributed by atoms with Gasteiger partial charge in [-0.25, -0.2) is 0 Å². The van der Waals surface area contributed by atoms with Crippen LogP contribution in [0.4, 0.5) is 0 Å². The van der Waals surface area contributed by atoms with E-state index in [2.05, 4.69) is 13.8 Å². The molecule has 82 valence electrons. The van der Waals surface area contributed by atoms with Crippen LogP contribution in [0.2, 0.25) is 0 Å². The van der Waals surface area contributed by atoms with Crippen molar-refractivity contribution in [3.8, 4) is 0 Å². The number of hydrogen-bond acceptors (Lipinski definition) is 2. The molecule has 3 heteroatoms. The van der Waals surface area contributed by atoms with Crippen molar-refractivity contribution in [2.24, 2.45) is 5.92 Å². The molecule has 1 unspecified atom stereocenters. The standard InChI is InChI=1S/C11H21NO2/c1-9(2)7-11(3,14)8-12-6-4-5-10(12)13/h9,14H,4-8H2,1-3H3. The molecule has 1 aliphatic heterocycles. The highest BCUT2D eigenvalue weighted by Gasteiger charge is 2.29. The molecule has 0 aliphatic carbocycles. The van der Waals surface area contributed by atoms with E-state index in [9.17, 15) is 9.90 Å². The van der Waals surface area contributed by atoms with Crippen molar-refractivity contribution in [2.75, 3.05) is 13.1 Å². The molecule has 14 heavy (non-hydrogen) atoms. The number of hydrogen-bond donors (Lipinski definition) is 1. The third-order valence-electron chi connectivity index (χ3n) is 2.55. The molecule has 1 heterocycles. The summed E-state index contributed by atoms with van der Waals surface area (Å²) in [5, 5.41) is 10.1. The van der Waals surface area contributed by atoms with Crippen LogP contribution in [0.1, 0.15) is 40.0 Å². The number of carbonyl (C=O) groups is 1. The van der Waals surface area contributed by atoms with Gasteiger partial charge in [0.2, 0.25) is 5.91 Å². The fraction of sp³-hybridized carbons (Fsp3) is 0.909. The van der Waals surface area contributed by atoms with Crippen LogP contribution < -0.4 is 0 Å². The Labute approximate surface area is 86.1 Å². The molecule has 0 aromatic carbocycles. The monoisotopic (exact) mass is 199 g/mol. The second kappa shape index (κ2) is 4.30. The Kier molecular flexibility index (Phi) is 3.53. The van der Waals surface area contributed by atoms with E-state index in [-0.39, 0.29) is 5.91 Å². The number of carbonyl (C=O) groups excluding carboxylic acids is 1. The van der Waals surface area contributed by atoms with Gasteiger partial charge >= 0.3 is 0 Å². The first kappa shape index (κ1) is 11.5. The quantitative estimate of drug-likeness (QED) is 0.743. The van der Waals surface area contributed by atoms with E-state index >= 15 is 0 Å². The summed E-state index contributed by atoms with van der Waals surface area (Å²) in [6.45, 7) is 7.29. The fourth-order valence-corrected chi connectivity index (χ4v) is 2.23. The average molecular weight is 199 g/mol. The second-order valence-corrected chi connectivity index (χ2v) is 5.01. The molecular weight excluding hydrogens is 178 g/mol. The number of aliphatic hydroxyl groups is 1. The molecule has 3 nitrogen and oxygen atoms in total. The fourth-order valence-electron chi connectivity index (χ4n) is 2.23. The Morgan fingerprint density at radius 1 is 1.57 bits per heavy atom. The van der Waals surface area contributed by atoms with Crippen molar-refractivity contribution in [2.45, 2.75) is 45.6 Å². The Bertz CT molecular complexity index is 211. The minimum absolute atomic E-state index is 0.189. The van der Waals surface area contributed by atoms with Crippen molar-refractivity contribution in [3.63, 3.8) is 0 Å². The van der Waals surface area contributed by atoms with Crippen LogP contribution in [0, 0.1) is 5.92 Å². The Balaban J connectivity index is 2.45. The van der Waals surface area contributed by atoms with E-state index in [1.54, 1.807) is 4.90 Å². The maximum absolute atomic E-state index is 11.4. The van der Waals surface area contributed by atoms with Gasteiger partial charge in [0.05, 0.1) is 5.60 Å². The van der Waals surface area contributed by atoms with Gasteiger partial charge < -0.3 is 10.0 Å². The molecular formula is C11H21NO2. The molecule has 1 N–H and O–H groups in total.